The maximum Gasteiger partial charge on any atom is 0.313 e. The first kappa shape index (κ1) is 21.0. The molecule has 6 N–H and O–H groups in total. The normalized spacial score (nSPS) is 23.9. The number of ether oxygens (including phenoxy) is 1. The summed E-state index contributed by atoms with van der Waals surface area (Å²) in [5.74, 6) is -1.48. The lowest BCUT2D eigenvalue weighted by molar-refractivity contribution is -0.739. The average molecular weight is 412 g/mol. The molecule has 0 aliphatic carbocycles. The Labute approximate surface area is 163 Å². The summed E-state index contributed by atoms with van der Waals surface area (Å²) >= 11 is 0. The van der Waals surface area contributed by atoms with Crippen molar-refractivity contribution in [3.05, 3.63) is 16.7 Å². The van der Waals surface area contributed by atoms with E-state index in [-0.39, 0.29) is 23.5 Å². The van der Waals surface area contributed by atoms with Gasteiger partial charge in [-0.15, -0.1) is 0 Å². The lowest BCUT2D eigenvalue weighted by Gasteiger charge is -2.10. The van der Waals surface area contributed by atoms with E-state index in [4.69, 9.17) is 4.74 Å². The molecule has 1 aliphatic heterocycles. The monoisotopic (exact) mass is 412 g/mol. The number of H-pyrrole nitrogens is 1. The van der Waals surface area contributed by atoms with E-state index >= 15 is 0 Å². The molecule has 3 rings (SSSR count). The largest absolute Gasteiger partial charge is 0.394 e. The quantitative estimate of drug-likeness (QED) is 0.202. The van der Waals surface area contributed by atoms with Crippen LogP contribution in [0.1, 0.15) is 32.7 Å². The number of aromatic amines is 1. The van der Waals surface area contributed by atoms with E-state index in [2.05, 4.69) is 15.3 Å². The summed E-state index contributed by atoms with van der Waals surface area (Å²) < 4.78 is 7.89. The predicted molar refractivity (Wildman–Crippen MR) is 94.4 cm³/mol. The maximum atomic E-state index is 12.6. The first-order chi connectivity index (χ1) is 13.6. The second kappa shape index (κ2) is 7.96. The number of carbonyl (C=O) groups excluding carboxylic acids is 2. The van der Waals surface area contributed by atoms with Gasteiger partial charge < -0.3 is 30.5 Å². The molecule has 29 heavy (non-hydrogen) atoms. The number of Topliss-reactive ketones (excluding diaryl/α,β-unsaturated/α-hetero) is 2. The lowest BCUT2D eigenvalue weighted by atomic mass is 10.2. The number of ketones is 2. The molecule has 0 amide bonds. The van der Waals surface area contributed by atoms with Crippen molar-refractivity contribution >= 4 is 28.7 Å². The van der Waals surface area contributed by atoms with Crippen LogP contribution in [0.15, 0.2) is 11.1 Å². The summed E-state index contributed by atoms with van der Waals surface area (Å²) in [5.41, 5.74) is -0.964. The zero-order valence-corrected chi connectivity index (χ0v) is 15.6. The van der Waals surface area contributed by atoms with Gasteiger partial charge in [-0.2, -0.15) is 0 Å². The molecule has 0 bridgehead atoms. The summed E-state index contributed by atoms with van der Waals surface area (Å²) in [6.07, 6.45) is -4.69. The number of hydrogen-bond donors (Lipinski definition) is 6. The molecule has 13 nitrogen and oxygen atoms in total. The Bertz CT molecular complexity index is 1000. The van der Waals surface area contributed by atoms with E-state index in [9.17, 15) is 34.8 Å². The van der Waals surface area contributed by atoms with Crippen molar-refractivity contribution in [2.75, 3.05) is 11.9 Å². The number of anilines is 1. The van der Waals surface area contributed by atoms with E-state index in [0.717, 1.165) is 18.4 Å². The Kier molecular flexibility index (Phi) is 5.77. The third-order valence-corrected chi connectivity index (χ3v) is 4.61. The van der Waals surface area contributed by atoms with Crippen LogP contribution in [0.5, 0.6) is 0 Å². The Balaban J connectivity index is 2.16. The van der Waals surface area contributed by atoms with Gasteiger partial charge in [0.1, 0.15) is 6.10 Å². The molecule has 0 unspecified atom stereocenters. The van der Waals surface area contributed by atoms with Crippen molar-refractivity contribution in [2.45, 2.75) is 51.2 Å². The number of nitrogens with one attached hydrogen (secondary N) is 2. The Hall–Kier alpha value is -2.71. The van der Waals surface area contributed by atoms with Gasteiger partial charge in [-0.3, -0.25) is 19.4 Å². The summed E-state index contributed by atoms with van der Waals surface area (Å²) in [5, 5.41) is 41.5. The Morgan fingerprint density at radius 2 is 2.10 bits per heavy atom. The lowest BCUT2D eigenvalue weighted by Crippen LogP contribution is -2.40. The van der Waals surface area contributed by atoms with Crippen LogP contribution >= 0.6 is 0 Å². The molecular weight excluding hydrogens is 390 g/mol. The highest BCUT2D eigenvalue weighted by Crippen LogP contribution is 2.26. The first-order valence-corrected chi connectivity index (χ1v) is 8.78. The minimum absolute atomic E-state index is 0.0388. The Morgan fingerprint density at radius 1 is 1.41 bits per heavy atom. The van der Waals surface area contributed by atoms with Crippen LogP contribution in [0.4, 0.5) is 5.95 Å². The molecule has 0 spiro atoms. The number of rotatable bonds is 7. The molecule has 2 aromatic rings. The summed E-state index contributed by atoms with van der Waals surface area (Å²) in [4.78, 5) is 42.0. The predicted octanol–water partition coefficient (Wildman–Crippen LogP) is -2.95. The number of hydrogen-bond acceptors (Lipinski definition) is 10. The van der Waals surface area contributed by atoms with Crippen molar-refractivity contribution in [1.82, 2.24) is 14.5 Å². The first-order valence-electron chi connectivity index (χ1n) is 8.78. The second-order valence-electron chi connectivity index (χ2n) is 6.77. The van der Waals surface area contributed by atoms with E-state index in [1.165, 1.54) is 10.9 Å². The highest BCUT2D eigenvalue weighted by atomic mass is 16.5. The second-order valence-corrected chi connectivity index (χ2v) is 6.77. The van der Waals surface area contributed by atoms with Crippen LogP contribution < -0.4 is 15.4 Å². The molecule has 13 heteroatoms. The molecule has 1 fully saturated rings. The zero-order chi connectivity index (χ0) is 21.5. The van der Waals surface area contributed by atoms with E-state index in [0.29, 0.717) is 0 Å². The topological polar surface area (TPSA) is 191 Å². The number of aromatic nitrogens is 4. The van der Waals surface area contributed by atoms with Gasteiger partial charge >= 0.3 is 5.65 Å². The van der Waals surface area contributed by atoms with Crippen molar-refractivity contribution in [3.63, 3.8) is 0 Å². The fourth-order valence-corrected chi connectivity index (χ4v) is 3.06. The highest BCUT2D eigenvalue weighted by molar-refractivity contribution is 5.82. The smallest absolute Gasteiger partial charge is 0.313 e. The third-order valence-electron chi connectivity index (χ3n) is 4.61. The number of carbonyl (C=O) groups is 2. The molecule has 5 atom stereocenters. The van der Waals surface area contributed by atoms with E-state index < -0.39 is 54.6 Å². The van der Waals surface area contributed by atoms with Crippen molar-refractivity contribution in [2.24, 2.45) is 0 Å². The number of aliphatic hydroxyl groups is 4. The van der Waals surface area contributed by atoms with Crippen LogP contribution in [0.25, 0.3) is 11.2 Å². The fourth-order valence-electron chi connectivity index (χ4n) is 3.06. The molecule has 0 radical (unpaired) electrons. The third kappa shape index (κ3) is 3.90. The SMILES string of the molecule is CC(=O)[C@H](O)Nc1nc2c(c(=O)[nH]1)n([C@H](O)C(C)=O)c[n+]2[C@H]1C[C@H](O)[C@@H](CO)O1. The molecule has 0 aromatic carbocycles. The van der Waals surface area contributed by atoms with Crippen LogP contribution in [0.3, 0.4) is 0 Å². The van der Waals surface area contributed by atoms with Crippen LogP contribution in [-0.4, -0.2) is 71.6 Å². The van der Waals surface area contributed by atoms with Crippen LogP contribution in [0, 0.1) is 0 Å². The number of imidazole rings is 1. The van der Waals surface area contributed by atoms with Gasteiger partial charge in [-0.1, -0.05) is 4.98 Å². The molecule has 3 heterocycles. The van der Waals surface area contributed by atoms with E-state index in [1.807, 2.05) is 0 Å². The summed E-state index contributed by atoms with van der Waals surface area (Å²) in [6, 6.07) is 0. The fraction of sp³-hybridized carbons (Fsp3) is 0.562. The van der Waals surface area contributed by atoms with Gasteiger partial charge in [0.2, 0.25) is 11.7 Å². The number of fused-ring (bicyclic) bond motifs is 1. The van der Waals surface area contributed by atoms with Crippen LogP contribution in [0.2, 0.25) is 0 Å². The van der Waals surface area contributed by atoms with Crippen LogP contribution in [-0.2, 0) is 14.3 Å². The molecule has 2 aromatic heterocycles. The maximum absolute atomic E-state index is 12.6. The standard InChI is InChI=1S/C16H21N5O8/c1-6(23)13(26)18-16-17-12-11(14(27)19-16)21(15(28)7(2)24)5-20(12)10-3-8(25)9(4-22)29-10/h5,8-10,13,15,22,25-26,28H,3-4H2,1-2H3,(H-,17,18,19,27)/p+1/t8-,9+,10+,13-,15+/m0/s1. The van der Waals surface area contributed by atoms with Gasteiger partial charge in [0.05, 0.1) is 12.7 Å². The Morgan fingerprint density at radius 3 is 2.66 bits per heavy atom. The average Bonchev–Trinajstić information content (AvgIpc) is 3.21. The van der Waals surface area contributed by atoms with Gasteiger partial charge in [-0.25, -0.2) is 9.13 Å². The van der Waals surface area contributed by atoms with Crippen molar-refractivity contribution < 1.29 is 39.3 Å². The molecule has 0 saturated carbocycles. The van der Waals surface area contributed by atoms with Gasteiger partial charge in [-0.05, 0) is 6.92 Å². The molecule has 1 aliphatic rings. The number of aliphatic hydroxyl groups excluding tert-OH is 4. The molecular formula is C16H22N5O8+. The van der Waals surface area contributed by atoms with Gasteiger partial charge in [0, 0.05) is 13.3 Å². The van der Waals surface area contributed by atoms with Crippen molar-refractivity contribution in [1.29, 1.82) is 0 Å². The highest BCUT2D eigenvalue weighted by Gasteiger charge is 2.40. The van der Waals surface area contributed by atoms with Crippen molar-refractivity contribution in [3.8, 4) is 0 Å². The zero-order valence-electron chi connectivity index (χ0n) is 15.6. The van der Waals surface area contributed by atoms with Gasteiger partial charge in [0.15, 0.2) is 30.3 Å². The minimum Gasteiger partial charge on any atom is -0.394 e. The minimum atomic E-state index is -1.68. The summed E-state index contributed by atoms with van der Waals surface area (Å²) in [7, 11) is 0. The summed E-state index contributed by atoms with van der Waals surface area (Å²) in [6.45, 7) is 1.84. The number of nitrogens with zero attached hydrogens (tertiary/aromatic N) is 3. The molecule has 1 saturated heterocycles. The van der Waals surface area contributed by atoms with E-state index in [1.54, 1.807) is 0 Å². The van der Waals surface area contributed by atoms with Gasteiger partial charge in [0.25, 0.3) is 11.5 Å². The molecule has 158 valence electrons.